The lowest BCUT2D eigenvalue weighted by atomic mass is 10.2. The fraction of sp³-hybridized carbons (Fsp3) is 0.538. The van der Waals surface area contributed by atoms with E-state index in [2.05, 4.69) is 27.5 Å². The molecule has 1 aliphatic heterocycles. The van der Waals surface area contributed by atoms with Crippen molar-refractivity contribution >= 4 is 43.2 Å². The van der Waals surface area contributed by atoms with Crippen molar-refractivity contribution in [2.75, 3.05) is 28.7 Å². The number of hydrogen-bond acceptors (Lipinski definition) is 7. The molecule has 0 aliphatic carbocycles. The fourth-order valence-corrected chi connectivity index (χ4v) is 4.82. The van der Waals surface area contributed by atoms with E-state index < -0.39 is 9.84 Å². The van der Waals surface area contributed by atoms with E-state index in [9.17, 15) is 8.42 Å². The van der Waals surface area contributed by atoms with Crippen LogP contribution in [0.25, 0.3) is 10.2 Å². The van der Waals surface area contributed by atoms with Crippen molar-refractivity contribution in [2.24, 2.45) is 0 Å². The Labute approximate surface area is 127 Å². The number of fused-ring (bicyclic) bond motifs is 1. The van der Waals surface area contributed by atoms with Crippen LogP contribution in [0.5, 0.6) is 0 Å². The van der Waals surface area contributed by atoms with Crippen LogP contribution in [0, 0.1) is 0 Å². The van der Waals surface area contributed by atoms with Crippen molar-refractivity contribution in [3.05, 3.63) is 11.4 Å². The van der Waals surface area contributed by atoms with Gasteiger partial charge in [-0.3, -0.25) is 0 Å². The highest BCUT2D eigenvalue weighted by molar-refractivity contribution is 7.91. The Kier molecular flexibility index (Phi) is 3.99. The average Bonchev–Trinajstić information content (AvgIpc) is 3.03. The Balaban J connectivity index is 1.87. The number of anilines is 2. The number of nitrogens with zero attached hydrogens (tertiary/aromatic N) is 2. The first-order valence-corrected chi connectivity index (χ1v) is 9.73. The van der Waals surface area contributed by atoms with Gasteiger partial charge in [-0.2, -0.15) is 4.98 Å². The van der Waals surface area contributed by atoms with Crippen LogP contribution in [0.2, 0.25) is 0 Å². The molecule has 1 saturated heterocycles. The lowest BCUT2D eigenvalue weighted by molar-refractivity contribution is 0.602. The Bertz CT molecular complexity index is 742. The van der Waals surface area contributed by atoms with E-state index in [0.717, 1.165) is 29.0 Å². The van der Waals surface area contributed by atoms with Gasteiger partial charge in [0.15, 0.2) is 9.84 Å². The van der Waals surface area contributed by atoms with Crippen molar-refractivity contribution in [3.8, 4) is 0 Å². The third-order valence-electron chi connectivity index (χ3n) is 3.43. The summed E-state index contributed by atoms with van der Waals surface area (Å²) in [6.45, 7) is 2.90. The quantitative estimate of drug-likeness (QED) is 0.875. The predicted octanol–water partition coefficient (Wildman–Crippen LogP) is 2.11. The van der Waals surface area contributed by atoms with Gasteiger partial charge in [0.2, 0.25) is 5.95 Å². The van der Waals surface area contributed by atoms with Gasteiger partial charge in [-0.1, -0.05) is 6.92 Å². The van der Waals surface area contributed by atoms with E-state index in [0.29, 0.717) is 12.4 Å². The molecule has 1 atom stereocenters. The molecule has 0 spiro atoms. The zero-order chi connectivity index (χ0) is 14.9. The number of sulfone groups is 1. The maximum atomic E-state index is 11.6. The first-order valence-electron chi connectivity index (χ1n) is 7.03. The maximum absolute atomic E-state index is 11.6. The van der Waals surface area contributed by atoms with Crippen LogP contribution in [-0.4, -0.2) is 42.5 Å². The Hall–Kier alpha value is -1.41. The first-order chi connectivity index (χ1) is 10.1. The highest BCUT2D eigenvalue weighted by Gasteiger charge is 2.28. The monoisotopic (exact) mass is 326 g/mol. The number of rotatable bonds is 5. The van der Waals surface area contributed by atoms with Crippen LogP contribution >= 0.6 is 11.3 Å². The van der Waals surface area contributed by atoms with Crippen molar-refractivity contribution in [1.29, 1.82) is 0 Å². The third kappa shape index (κ3) is 3.26. The van der Waals surface area contributed by atoms with E-state index in [-0.39, 0.29) is 17.5 Å². The number of hydrogen-bond donors (Lipinski definition) is 2. The predicted molar refractivity (Wildman–Crippen MR) is 86.9 cm³/mol. The molecule has 0 aromatic carbocycles. The maximum Gasteiger partial charge on any atom is 0.226 e. The first kappa shape index (κ1) is 14.5. The normalized spacial score (nSPS) is 20.7. The van der Waals surface area contributed by atoms with Crippen molar-refractivity contribution in [1.82, 2.24) is 9.97 Å². The second-order valence-electron chi connectivity index (χ2n) is 5.21. The van der Waals surface area contributed by atoms with Gasteiger partial charge < -0.3 is 10.6 Å². The molecule has 1 aliphatic rings. The molecule has 3 rings (SSSR count). The van der Waals surface area contributed by atoms with Crippen LogP contribution in [0.1, 0.15) is 19.8 Å². The summed E-state index contributed by atoms with van der Waals surface area (Å²) in [4.78, 5) is 9.88. The lowest BCUT2D eigenvalue weighted by Crippen LogP contribution is -2.21. The largest absolute Gasteiger partial charge is 0.366 e. The topological polar surface area (TPSA) is 84.0 Å². The van der Waals surface area contributed by atoms with E-state index in [1.165, 1.54) is 0 Å². The summed E-state index contributed by atoms with van der Waals surface area (Å²) in [6.07, 6.45) is 1.63. The summed E-state index contributed by atoms with van der Waals surface area (Å²) in [6, 6.07) is 1.90. The van der Waals surface area contributed by atoms with Gasteiger partial charge in [0, 0.05) is 12.6 Å². The SMILES string of the molecule is CCCNc1nc(NC2CCS(=O)(=O)C2)c2ccsc2n1. The van der Waals surface area contributed by atoms with Gasteiger partial charge in [-0.05, 0) is 24.3 Å². The molecular weight excluding hydrogens is 308 g/mol. The fourth-order valence-electron chi connectivity index (χ4n) is 2.38. The molecule has 0 bridgehead atoms. The summed E-state index contributed by atoms with van der Waals surface area (Å²) >= 11 is 1.56. The van der Waals surface area contributed by atoms with E-state index in [1.807, 2.05) is 11.4 Å². The van der Waals surface area contributed by atoms with Gasteiger partial charge >= 0.3 is 0 Å². The highest BCUT2D eigenvalue weighted by Crippen LogP contribution is 2.28. The summed E-state index contributed by atoms with van der Waals surface area (Å²) in [5, 5.41) is 9.38. The van der Waals surface area contributed by atoms with Crippen molar-refractivity contribution in [2.45, 2.75) is 25.8 Å². The van der Waals surface area contributed by atoms with Crippen molar-refractivity contribution < 1.29 is 8.42 Å². The van der Waals surface area contributed by atoms with Gasteiger partial charge in [-0.15, -0.1) is 11.3 Å². The molecule has 0 saturated carbocycles. The average molecular weight is 326 g/mol. The smallest absolute Gasteiger partial charge is 0.226 e. The molecular formula is C13H18N4O2S2. The Morgan fingerprint density at radius 1 is 1.43 bits per heavy atom. The minimum atomic E-state index is -2.90. The Morgan fingerprint density at radius 3 is 3.00 bits per heavy atom. The van der Waals surface area contributed by atoms with Gasteiger partial charge in [-0.25, -0.2) is 13.4 Å². The number of nitrogens with one attached hydrogen (secondary N) is 2. The van der Waals surface area contributed by atoms with Gasteiger partial charge in [0.1, 0.15) is 10.6 Å². The summed E-state index contributed by atoms with van der Waals surface area (Å²) in [5.41, 5.74) is 0. The number of thiophene rings is 1. The molecule has 6 nitrogen and oxygen atoms in total. The summed E-state index contributed by atoms with van der Waals surface area (Å²) in [7, 11) is -2.90. The van der Waals surface area contributed by atoms with Crippen LogP contribution in [0.3, 0.4) is 0 Å². The summed E-state index contributed by atoms with van der Waals surface area (Å²) in [5.74, 6) is 1.75. The van der Waals surface area contributed by atoms with Crippen LogP contribution in [-0.2, 0) is 9.84 Å². The van der Waals surface area contributed by atoms with Crippen LogP contribution < -0.4 is 10.6 Å². The van der Waals surface area contributed by atoms with Crippen LogP contribution in [0.15, 0.2) is 11.4 Å². The molecule has 0 radical (unpaired) electrons. The minimum Gasteiger partial charge on any atom is -0.366 e. The van der Waals surface area contributed by atoms with E-state index in [1.54, 1.807) is 11.3 Å². The molecule has 1 fully saturated rings. The third-order valence-corrected chi connectivity index (χ3v) is 6.01. The van der Waals surface area contributed by atoms with Gasteiger partial charge in [0.05, 0.1) is 16.9 Å². The molecule has 114 valence electrons. The Morgan fingerprint density at radius 2 is 2.29 bits per heavy atom. The zero-order valence-electron chi connectivity index (χ0n) is 11.8. The second-order valence-corrected chi connectivity index (χ2v) is 8.33. The minimum absolute atomic E-state index is 0.0629. The van der Waals surface area contributed by atoms with Crippen molar-refractivity contribution in [3.63, 3.8) is 0 Å². The van der Waals surface area contributed by atoms with E-state index in [4.69, 9.17) is 0 Å². The molecule has 2 N–H and O–H groups in total. The molecule has 2 aromatic rings. The number of aromatic nitrogens is 2. The van der Waals surface area contributed by atoms with E-state index >= 15 is 0 Å². The van der Waals surface area contributed by atoms with Gasteiger partial charge in [0.25, 0.3) is 0 Å². The lowest BCUT2D eigenvalue weighted by Gasteiger charge is -2.13. The zero-order valence-corrected chi connectivity index (χ0v) is 13.4. The second kappa shape index (κ2) is 5.76. The van der Waals surface area contributed by atoms with Crippen LogP contribution in [0.4, 0.5) is 11.8 Å². The highest BCUT2D eigenvalue weighted by atomic mass is 32.2. The molecule has 21 heavy (non-hydrogen) atoms. The molecule has 1 unspecified atom stereocenters. The molecule has 2 aromatic heterocycles. The standard InChI is InChI=1S/C13H18N4O2S2/c1-2-5-14-13-16-11(10-3-6-20-12(10)17-13)15-9-4-7-21(18,19)8-9/h3,6,9H,2,4-5,7-8H2,1H3,(H2,14,15,16,17). The summed E-state index contributed by atoms with van der Waals surface area (Å²) < 4.78 is 23.1. The molecule has 8 heteroatoms. The molecule has 0 amide bonds. The molecule has 3 heterocycles.